The first kappa shape index (κ1) is 19.2. The normalized spacial score (nSPS) is 32.9. The fraction of sp³-hybridized carbons (Fsp3) is 1.00. The molecule has 0 aromatic rings. The summed E-state index contributed by atoms with van der Waals surface area (Å²) in [5.41, 5.74) is 0.290. The molecule has 4 unspecified atom stereocenters. The van der Waals surface area contributed by atoms with Gasteiger partial charge in [0, 0.05) is 37.3 Å². The second kappa shape index (κ2) is 8.28. The molecule has 2 aliphatic heterocycles. The third kappa shape index (κ3) is 5.15. The Morgan fingerprint density at radius 1 is 1.26 bits per heavy atom. The Kier molecular flexibility index (Phi) is 6.90. The van der Waals surface area contributed by atoms with Gasteiger partial charge in [0.1, 0.15) is 0 Å². The number of ether oxygens (including phenoxy) is 1. The lowest BCUT2D eigenvalue weighted by molar-refractivity contribution is -0.0476. The summed E-state index contributed by atoms with van der Waals surface area (Å²) in [5, 5.41) is 3.25. The summed E-state index contributed by atoms with van der Waals surface area (Å²) in [7, 11) is 2.01. The van der Waals surface area contributed by atoms with Gasteiger partial charge in [-0.3, -0.25) is 9.80 Å². The topological polar surface area (TPSA) is 27.7 Å². The van der Waals surface area contributed by atoms with Crippen molar-refractivity contribution in [2.24, 2.45) is 5.92 Å². The zero-order chi connectivity index (χ0) is 17.0. The van der Waals surface area contributed by atoms with Gasteiger partial charge < -0.3 is 10.1 Å². The molecule has 2 saturated heterocycles. The molecule has 0 spiro atoms. The Bertz CT molecular complexity index is 353. The Balaban J connectivity index is 1.90. The van der Waals surface area contributed by atoms with E-state index in [0.29, 0.717) is 18.2 Å². The molecule has 4 nitrogen and oxygen atoms in total. The zero-order valence-electron chi connectivity index (χ0n) is 16.3. The summed E-state index contributed by atoms with van der Waals surface area (Å²) >= 11 is 0. The van der Waals surface area contributed by atoms with Crippen LogP contribution in [0, 0.1) is 5.92 Å². The number of nitrogens with one attached hydrogen (secondary N) is 1. The lowest BCUT2D eigenvalue weighted by Gasteiger charge is -2.48. The lowest BCUT2D eigenvalue weighted by Crippen LogP contribution is -2.54. The summed E-state index contributed by atoms with van der Waals surface area (Å²) in [5.74, 6) is 0.823. The molecule has 23 heavy (non-hydrogen) atoms. The number of morpholine rings is 1. The van der Waals surface area contributed by atoms with Gasteiger partial charge in [-0.25, -0.2) is 0 Å². The predicted octanol–water partition coefficient (Wildman–Crippen LogP) is 2.58. The number of likely N-dealkylation sites (N-methyl/N-ethyl adjacent to an activating group) is 1. The first-order chi connectivity index (χ1) is 10.8. The van der Waals surface area contributed by atoms with Gasteiger partial charge in [-0.1, -0.05) is 0 Å². The molecule has 2 aliphatic rings. The minimum Gasteiger partial charge on any atom is -0.374 e. The van der Waals surface area contributed by atoms with Crippen molar-refractivity contribution in [3.8, 4) is 0 Å². The standard InChI is InChI=1S/C19H39N3O/c1-15(21-10-11-23-18(14-21)13-20-6)12-17-8-7-9-22(16(17)2)19(3,4)5/h15-18,20H,7-14H2,1-6H3. The minimum absolute atomic E-state index is 0.290. The van der Waals surface area contributed by atoms with Crippen LogP contribution < -0.4 is 5.32 Å². The summed E-state index contributed by atoms with van der Waals surface area (Å²) in [4.78, 5) is 5.37. The van der Waals surface area contributed by atoms with E-state index < -0.39 is 0 Å². The van der Waals surface area contributed by atoms with E-state index >= 15 is 0 Å². The van der Waals surface area contributed by atoms with Gasteiger partial charge in [-0.05, 0) is 73.4 Å². The van der Waals surface area contributed by atoms with Crippen LogP contribution in [0.1, 0.15) is 53.9 Å². The molecule has 0 saturated carbocycles. The number of hydrogen-bond acceptors (Lipinski definition) is 4. The number of hydrogen-bond donors (Lipinski definition) is 1. The van der Waals surface area contributed by atoms with E-state index in [9.17, 15) is 0 Å². The average Bonchev–Trinajstić information content (AvgIpc) is 2.49. The van der Waals surface area contributed by atoms with E-state index in [1.54, 1.807) is 0 Å². The predicted molar refractivity (Wildman–Crippen MR) is 98.0 cm³/mol. The highest BCUT2D eigenvalue weighted by molar-refractivity contribution is 4.90. The van der Waals surface area contributed by atoms with Crippen molar-refractivity contribution in [2.75, 3.05) is 39.8 Å². The van der Waals surface area contributed by atoms with Crippen molar-refractivity contribution >= 4 is 0 Å². The maximum atomic E-state index is 5.86. The van der Waals surface area contributed by atoms with E-state index in [0.717, 1.165) is 32.2 Å². The zero-order valence-corrected chi connectivity index (χ0v) is 16.3. The molecule has 0 radical (unpaired) electrons. The van der Waals surface area contributed by atoms with Crippen molar-refractivity contribution < 1.29 is 4.74 Å². The number of nitrogens with zero attached hydrogens (tertiary/aromatic N) is 2. The molecule has 0 bridgehead atoms. The summed E-state index contributed by atoms with van der Waals surface area (Å²) in [6.07, 6.45) is 4.42. The Hall–Kier alpha value is -0.160. The van der Waals surface area contributed by atoms with Gasteiger partial charge in [0.25, 0.3) is 0 Å². The van der Waals surface area contributed by atoms with Crippen LogP contribution in [0.15, 0.2) is 0 Å². The highest BCUT2D eigenvalue weighted by Crippen LogP contribution is 2.33. The van der Waals surface area contributed by atoms with Crippen molar-refractivity contribution in [3.63, 3.8) is 0 Å². The Labute approximate surface area is 143 Å². The molecule has 4 atom stereocenters. The first-order valence-electron chi connectivity index (χ1n) is 9.60. The van der Waals surface area contributed by atoms with Crippen molar-refractivity contribution in [2.45, 2.75) is 77.6 Å². The van der Waals surface area contributed by atoms with Crippen molar-refractivity contribution in [1.29, 1.82) is 0 Å². The van der Waals surface area contributed by atoms with Gasteiger partial charge in [-0.2, -0.15) is 0 Å². The van der Waals surface area contributed by atoms with Crippen LogP contribution in [0.4, 0.5) is 0 Å². The third-order valence-electron chi connectivity index (χ3n) is 5.88. The molecule has 2 fully saturated rings. The second-order valence-electron chi connectivity index (χ2n) is 8.64. The van der Waals surface area contributed by atoms with Crippen LogP contribution in [-0.4, -0.2) is 73.4 Å². The van der Waals surface area contributed by atoms with Gasteiger partial charge in [-0.15, -0.1) is 0 Å². The highest BCUT2D eigenvalue weighted by Gasteiger charge is 2.35. The Morgan fingerprint density at radius 3 is 2.65 bits per heavy atom. The van der Waals surface area contributed by atoms with Crippen LogP contribution in [-0.2, 0) is 4.74 Å². The molecule has 1 N–H and O–H groups in total. The highest BCUT2D eigenvalue weighted by atomic mass is 16.5. The lowest BCUT2D eigenvalue weighted by atomic mass is 9.82. The van der Waals surface area contributed by atoms with Crippen molar-refractivity contribution in [1.82, 2.24) is 15.1 Å². The number of rotatable bonds is 5. The molecule has 2 rings (SSSR count). The van der Waals surface area contributed by atoms with E-state index in [2.05, 4.69) is 49.7 Å². The van der Waals surface area contributed by atoms with Gasteiger partial charge >= 0.3 is 0 Å². The molecular formula is C19H39N3O. The summed E-state index contributed by atoms with van der Waals surface area (Å²) in [6.45, 7) is 17.2. The summed E-state index contributed by atoms with van der Waals surface area (Å²) < 4.78 is 5.86. The smallest absolute Gasteiger partial charge is 0.0826 e. The van der Waals surface area contributed by atoms with E-state index in [1.165, 1.54) is 25.8 Å². The molecular weight excluding hydrogens is 286 g/mol. The van der Waals surface area contributed by atoms with Gasteiger partial charge in [0.05, 0.1) is 12.7 Å². The Morgan fingerprint density at radius 2 is 2.00 bits per heavy atom. The van der Waals surface area contributed by atoms with Crippen LogP contribution in [0.3, 0.4) is 0 Å². The van der Waals surface area contributed by atoms with Gasteiger partial charge in [0.15, 0.2) is 0 Å². The third-order valence-corrected chi connectivity index (χ3v) is 5.88. The molecule has 0 amide bonds. The van der Waals surface area contributed by atoms with E-state index in [4.69, 9.17) is 4.74 Å². The number of likely N-dealkylation sites (tertiary alicyclic amines) is 1. The maximum Gasteiger partial charge on any atom is 0.0826 e. The maximum absolute atomic E-state index is 5.86. The minimum atomic E-state index is 0.290. The number of piperidine rings is 1. The largest absolute Gasteiger partial charge is 0.374 e. The molecule has 136 valence electrons. The second-order valence-corrected chi connectivity index (χ2v) is 8.64. The quantitative estimate of drug-likeness (QED) is 0.841. The first-order valence-corrected chi connectivity index (χ1v) is 9.60. The fourth-order valence-corrected chi connectivity index (χ4v) is 4.57. The molecule has 0 aromatic heterocycles. The fourth-order valence-electron chi connectivity index (χ4n) is 4.57. The van der Waals surface area contributed by atoms with Crippen LogP contribution in [0.25, 0.3) is 0 Å². The van der Waals surface area contributed by atoms with E-state index in [-0.39, 0.29) is 5.54 Å². The summed E-state index contributed by atoms with van der Waals surface area (Å²) in [6, 6.07) is 1.35. The monoisotopic (exact) mass is 325 g/mol. The van der Waals surface area contributed by atoms with Crippen LogP contribution >= 0.6 is 0 Å². The molecule has 0 aliphatic carbocycles. The van der Waals surface area contributed by atoms with Crippen LogP contribution in [0.2, 0.25) is 0 Å². The SMILES string of the molecule is CNCC1CN(C(C)CC2CCCN(C(C)(C)C)C2C)CCO1. The van der Waals surface area contributed by atoms with Crippen molar-refractivity contribution in [3.05, 3.63) is 0 Å². The molecule has 0 aromatic carbocycles. The molecule has 2 heterocycles. The van der Waals surface area contributed by atoms with Crippen LogP contribution in [0.5, 0.6) is 0 Å². The molecule has 4 heteroatoms. The average molecular weight is 326 g/mol. The van der Waals surface area contributed by atoms with Gasteiger partial charge in [0.2, 0.25) is 0 Å². The van der Waals surface area contributed by atoms with E-state index in [1.807, 2.05) is 7.05 Å².